The summed E-state index contributed by atoms with van der Waals surface area (Å²) in [7, 11) is 0. The molecular weight excluding hydrogens is 281 g/mol. The molecule has 15 heavy (non-hydrogen) atoms. The van der Waals surface area contributed by atoms with Crippen LogP contribution in [0.4, 0.5) is 18.9 Å². The zero-order chi connectivity index (χ0) is 11.6. The van der Waals surface area contributed by atoms with E-state index in [0.29, 0.717) is 6.07 Å². The van der Waals surface area contributed by atoms with E-state index >= 15 is 0 Å². The van der Waals surface area contributed by atoms with Crippen LogP contribution in [0.15, 0.2) is 6.07 Å². The third-order valence-corrected chi connectivity index (χ3v) is 2.10. The molecule has 0 aromatic carbocycles. The molecule has 0 spiro atoms. The molecule has 0 aliphatic carbocycles. The van der Waals surface area contributed by atoms with Crippen LogP contribution in [0.5, 0.6) is 0 Å². The first-order valence-electron chi connectivity index (χ1n) is 3.65. The number of hydrogen-bond acceptors (Lipinski definition) is 3. The second kappa shape index (κ2) is 4.56. The van der Waals surface area contributed by atoms with Crippen molar-refractivity contribution in [1.29, 1.82) is 0 Å². The van der Waals surface area contributed by atoms with Gasteiger partial charge in [0.1, 0.15) is 5.69 Å². The second-order valence-electron chi connectivity index (χ2n) is 2.52. The van der Waals surface area contributed by atoms with Gasteiger partial charge < -0.3 is 0 Å². The number of alkyl halides is 3. The lowest BCUT2D eigenvalue weighted by Gasteiger charge is -2.03. The molecule has 1 aromatic heterocycles. The lowest BCUT2D eigenvalue weighted by molar-refractivity contribution is -0.387. The van der Waals surface area contributed by atoms with E-state index in [-0.39, 0.29) is 5.33 Å². The Morgan fingerprint density at radius 2 is 2.20 bits per heavy atom. The fourth-order valence-electron chi connectivity index (χ4n) is 0.922. The summed E-state index contributed by atoms with van der Waals surface area (Å²) < 4.78 is 37.7. The molecule has 0 N–H and O–H groups in total. The highest BCUT2D eigenvalue weighted by molar-refractivity contribution is 9.08. The summed E-state index contributed by atoms with van der Waals surface area (Å²) in [5.41, 5.74) is -2.20. The Kier molecular flexibility index (Phi) is 3.61. The third-order valence-electron chi connectivity index (χ3n) is 1.57. The Balaban J connectivity index is 3.38. The quantitative estimate of drug-likeness (QED) is 0.487. The Hall–Kier alpha value is -1.18. The molecule has 0 unspecified atom stereocenters. The van der Waals surface area contributed by atoms with Crippen molar-refractivity contribution in [3.63, 3.8) is 0 Å². The molecule has 0 bridgehead atoms. The van der Waals surface area contributed by atoms with E-state index in [2.05, 4.69) is 20.9 Å². The number of nitrogens with zero attached hydrogens (tertiary/aromatic N) is 2. The van der Waals surface area contributed by atoms with Gasteiger partial charge in [-0.05, 0) is 0 Å². The summed E-state index contributed by atoms with van der Waals surface area (Å²) in [6, 6.07) is 0.437. The molecular formula is C7H4BrF3N2O2. The third kappa shape index (κ3) is 2.44. The van der Waals surface area contributed by atoms with Gasteiger partial charge in [-0.25, -0.2) is 13.8 Å². The normalized spacial score (nSPS) is 10.7. The van der Waals surface area contributed by atoms with Crippen LogP contribution < -0.4 is 0 Å². The smallest absolute Gasteiger partial charge is 0.258 e. The monoisotopic (exact) mass is 284 g/mol. The summed E-state index contributed by atoms with van der Waals surface area (Å²) >= 11 is 2.80. The van der Waals surface area contributed by atoms with Crippen LogP contribution in [0.25, 0.3) is 0 Å². The fourth-order valence-corrected chi connectivity index (χ4v) is 1.29. The maximum absolute atomic E-state index is 13.2. The van der Waals surface area contributed by atoms with Crippen LogP contribution in [0.3, 0.4) is 0 Å². The van der Waals surface area contributed by atoms with Crippen LogP contribution in [0, 0.1) is 15.9 Å². The summed E-state index contributed by atoms with van der Waals surface area (Å²) in [4.78, 5) is 12.5. The number of halogens is 4. The molecule has 1 heterocycles. The van der Waals surface area contributed by atoms with Gasteiger partial charge in [0.05, 0.1) is 10.6 Å². The molecule has 0 atom stereocenters. The minimum atomic E-state index is -2.97. The van der Waals surface area contributed by atoms with Gasteiger partial charge in [0.25, 0.3) is 6.43 Å². The van der Waals surface area contributed by atoms with E-state index in [0.717, 1.165) is 0 Å². The molecule has 8 heteroatoms. The molecule has 0 aliphatic heterocycles. The number of rotatable bonds is 3. The number of hydrogen-bond donors (Lipinski definition) is 0. The van der Waals surface area contributed by atoms with Crippen molar-refractivity contribution < 1.29 is 18.1 Å². The van der Waals surface area contributed by atoms with Crippen molar-refractivity contribution in [2.24, 2.45) is 0 Å². The minimum absolute atomic E-state index is 0.166. The zero-order valence-electron chi connectivity index (χ0n) is 7.08. The van der Waals surface area contributed by atoms with Gasteiger partial charge >= 0.3 is 5.69 Å². The highest BCUT2D eigenvalue weighted by Crippen LogP contribution is 2.26. The Bertz CT molecular complexity index is 400. The SMILES string of the molecule is O=[N+]([O-])c1cc(C(F)F)nc(CBr)c1F. The Morgan fingerprint density at radius 3 is 2.60 bits per heavy atom. The molecule has 0 aliphatic rings. The minimum Gasteiger partial charge on any atom is -0.258 e. The van der Waals surface area contributed by atoms with Crippen molar-refractivity contribution in [3.8, 4) is 0 Å². The Labute approximate surface area is 90.4 Å². The molecule has 4 nitrogen and oxygen atoms in total. The van der Waals surface area contributed by atoms with E-state index < -0.39 is 34.2 Å². The molecule has 1 aromatic rings. The van der Waals surface area contributed by atoms with E-state index in [1.165, 1.54) is 0 Å². The molecule has 0 radical (unpaired) electrons. The lowest BCUT2D eigenvalue weighted by Crippen LogP contribution is -2.03. The van der Waals surface area contributed by atoms with Crippen molar-refractivity contribution in [1.82, 2.24) is 4.98 Å². The molecule has 0 saturated carbocycles. The second-order valence-corrected chi connectivity index (χ2v) is 3.08. The highest BCUT2D eigenvalue weighted by atomic mass is 79.9. The topological polar surface area (TPSA) is 56.0 Å². The summed E-state index contributed by atoms with van der Waals surface area (Å²) in [5.74, 6) is -1.19. The predicted octanol–water partition coefficient (Wildman–Crippen LogP) is 2.96. The standard InChI is InChI=1S/C7H4BrF3N2O2/c8-2-4-6(9)5(13(14)15)1-3(12-4)7(10)11/h1,7H,2H2. The van der Waals surface area contributed by atoms with Crippen LogP contribution in [0.1, 0.15) is 17.8 Å². The van der Waals surface area contributed by atoms with Crippen LogP contribution in [0.2, 0.25) is 0 Å². The van der Waals surface area contributed by atoms with Gasteiger partial charge in [-0.15, -0.1) is 0 Å². The number of pyridine rings is 1. The average Bonchev–Trinajstić information content (AvgIpc) is 2.17. The maximum atomic E-state index is 13.2. The van der Waals surface area contributed by atoms with Gasteiger partial charge in [-0.3, -0.25) is 10.1 Å². The van der Waals surface area contributed by atoms with E-state index in [9.17, 15) is 23.3 Å². The average molecular weight is 285 g/mol. The Morgan fingerprint density at radius 1 is 1.60 bits per heavy atom. The molecule has 82 valence electrons. The summed E-state index contributed by atoms with van der Waals surface area (Å²) in [6.45, 7) is 0. The van der Waals surface area contributed by atoms with E-state index in [4.69, 9.17) is 0 Å². The first-order chi connectivity index (χ1) is 6.97. The number of aromatic nitrogens is 1. The fraction of sp³-hybridized carbons (Fsp3) is 0.286. The first kappa shape index (κ1) is 11.9. The van der Waals surface area contributed by atoms with Crippen LogP contribution >= 0.6 is 15.9 Å². The van der Waals surface area contributed by atoms with Gasteiger partial charge in [0.2, 0.25) is 5.82 Å². The first-order valence-corrected chi connectivity index (χ1v) is 4.77. The largest absolute Gasteiger partial charge is 0.308 e. The molecule has 0 amide bonds. The number of nitro groups is 1. The maximum Gasteiger partial charge on any atom is 0.308 e. The van der Waals surface area contributed by atoms with Crippen molar-refractivity contribution >= 4 is 21.6 Å². The van der Waals surface area contributed by atoms with Crippen molar-refractivity contribution in [3.05, 3.63) is 33.4 Å². The van der Waals surface area contributed by atoms with Gasteiger partial charge in [-0.2, -0.15) is 4.39 Å². The summed E-state index contributed by atoms with van der Waals surface area (Å²) in [5, 5.41) is 10.2. The summed E-state index contributed by atoms with van der Waals surface area (Å²) in [6.07, 6.45) is -2.97. The lowest BCUT2D eigenvalue weighted by atomic mass is 10.2. The highest BCUT2D eigenvalue weighted by Gasteiger charge is 2.23. The van der Waals surface area contributed by atoms with E-state index in [1.807, 2.05) is 0 Å². The van der Waals surface area contributed by atoms with Gasteiger partial charge in [0, 0.05) is 11.4 Å². The van der Waals surface area contributed by atoms with E-state index in [1.54, 1.807) is 0 Å². The van der Waals surface area contributed by atoms with Gasteiger partial charge in [-0.1, -0.05) is 15.9 Å². The zero-order valence-corrected chi connectivity index (χ0v) is 8.67. The van der Waals surface area contributed by atoms with Crippen LogP contribution in [-0.4, -0.2) is 9.91 Å². The molecule has 0 saturated heterocycles. The molecule has 0 fully saturated rings. The van der Waals surface area contributed by atoms with Gasteiger partial charge in [0.15, 0.2) is 0 Å². The van der Waals surface area contributed by atoms with Crippen LogP contribution in [-0.2, 0) is 5.33 Å². The predicted molar refractivity (Wildman–Crippen MR) is 48.4 cm³/mol. The van der Waals surface area contributed by atoms with Crippen molar-refractivity contribution in [2.75, 3.05) is 0 Å². The molecule has 1 rings (SSSR count). The van der Waals surface area contributed by atoms with Crippen molar-refractivity contribution in [2.45, 2.75) is 11.8 Å².